The molecule has 0 saturated heterocycles. The lowest BCUT2D eigenvalue weighted by atomic mass is 10.1. The van der Waals surface area contributed by atoms with Crippen molar-refractivity contribution in [2.24, 2.45) is 5.73 Å². The average molecular weight is 295 g/mol. The summed E-state index contributed by atoms with van der Waals surface area (Å²) in [7, 11) is 0. The van der Waals surface area contributed by atoms with Crippen molar-refractivity contribution in [1.82, 2.24) is 9.97 Å². The van der Waals surface area contributed by atoms with Gasteiger partial charge in [-0.05, 0) is 37.6 Å². The number of hydrogen-bond donors (Lipinski definition) is 1. The van der Waals surface area contributed by atoms with E-state index in [0.717, 1.165) is 23.5 Å². The molecule has 1 aromatic carbocycles. The van der Waals surface area contributed by atoms with Crippen LogP contribution in [-0.4, -0.2) is 15.7 Å². The van der Waals surface area contributed by atoms with E-state index in [1.807, 2.05) is 19.9 Å². The third kappa shape index (κ3) is 3.74. The van der Waals surface area contributed by atoms with Crippen LogP contribution < -0.4 is 5.73 Å². The van der Waals surface area contributed by atoms with Crippen molar-refractivity contribution >= 4 is 11.8 Å². The highest BCUT2D eigenvalue weighted by molar-refractivity contribution is 7.99. The Hall–Kier alpha value is -1.53. The Balaban J connectivity index is 2.04. The van der Waals surface area contributed by atoms with Gasteiger partial charge in [0.05, 0.1) is 0 Å². The normalized spacial score (nSPS) is 12.4. The van der Waals surface area contributed by atoms with Crippen LogP contribution in [-0.2, 0) is 0 Å². The van der Waals surface area contributed by atoms with Crippen LogP contribution in [0.2, 0.25) is 0 Å². The second-order valence-electron chi connectivity index (χ2n) is 4.52. The van der Waals surface area contributed by atoms with Gasteiger partial charge in [-0.25, -0.2) is 18.7 Å². The molecular weight excluding hydrogens is 280 g/mol. The maximum absolute atomic E-state index is 13.1. The van der Waals surface area contributed by atoms with Crippen LogP contribution >= 0.6 is 11.8 Å². The van der Waals surface area contributed by atoms with Gasteiger partial charge in [-0.15, -0.1) is 0 Å². The van der Waals surface area contributed by atoms with Crippen LogP contribution in [0.5, 0.6) is 0 Å². The first-order valence-electron chi connectivity index (χ1n) is 6.11. The minimum absolute atomic E-state index is 0.403. The molecule has 3 nitrogen and oxygen atoms in total. The van der Waals surface area contributed by atoms with Crippen molar-refractivity contribution in [3.05, 3.63) is 52.9 Å². The molecule has 1 aromatic heterocycles. The molecule has 6 heteroatoms. The monoisotopic (exact) mass is 295 g/mol. The van der Waals surface area contributed by atoms with Crippen molar-refractivity contribution in [3.63, 3.8) is 0 Å². The summed E-state index contributed by atoms with van der Waals surface area (Å²) in [6.45, 7) is 3.79. The SMILES string of the molecule is Cc1cc(C)nc(SCC(N)c2ccc(F)c(F)c2)n1. The average Bonchev–Trinajstić information content (AvgIpc) is 2.38. The molecule has 1 heterocycles. The molecule has 0 amide bonds. The van der Waals surface area contributed by atoms with E-state index < -0.39 is 17.7 Å². The molecular formula is C14H15F2N3S. The summed E-state index contributed by atoms with van der Waals surface area (Å²) >= 11 is 1.40. The van der Waals surface area contributed by atoms with Gasteiger partial charge in [0.1, 0.15) is 0 Å². The third-order valence-corrected chi connectivity index (χ3v) is 3.69. The molecule has 0 fully saturated rings. The summed E-state index contributed by atoms with van der Waals surface area (Å²) in [6, 6.07) is 5.19. The molecule has 20 heavy (non-hydrogen) atoms. The van der Waals surface area contributed by atoms with E-state index in [4.69, 9.17) is 5.73 Å². The number of nitrogens with zero attached hydrogens (tertiary/aromatic N) is 2. The quantitative estimate of drug-likeness (QED) is 0.695. The number of thioether (sulfide) groups is 1. The zero-order valence-electron chi connectivity index (χ0n) is 11.2. The van der Waals surface area contributed by atoms with Gasteiger partial charge in [-0.1, -0.05) is 17.8 Å². The Morgan fingerprint density at radius 2 is 1.75 bits per heavy atom. The minimum Gasteiger partial charge on any atom is -0.323 e. The van der Waals surface area contributed by atoms with Crippen LogP contribution in [0, 0.1) is 25.5 Å². The Bertz CT molecular complexity index is 599. The summed E-state index contributed by atoms with van der Waals surface area (Å²) in [5.41, 5.74) is 8.31. The number of hydrogen-bond acceptors (Lipinski definition) is 4. The zero-order valence-corrected chi connectivity index (χ0v) is 12.0. The smallest absolute Gasteiger partial charge is 0.188 e. The van der Waals surface area contributed by atoms with E-state index >= 15 is 0 Å². The van der Waals surface area contributed by atoms with Crippen LogP contribution in [0.15, 0.2) is 29.4 Å². The molecule has 2 rings (SSSR count). The van der Waals surface area contributed by atoms with Crippen molar-refractivity contribution in [2.75, 3.05) is 5.75 Å². The topological polar surface area (TPSA) is 51.8 Å². The fourth-order valence-electron chi connectivity index (χ4n) is 1.76. The molecule has 0 aliphatic carbocycles. The minimum atomic E-state index is -0.884. The fourth-order valence-corrected chi connectivity index (χ4v) is 2.70. The number of aromatic nitrogens is 2. The van der Waals surface area contributed by atoms with Gasteiger partial charge in [0.15, 0.2) is 16.8 Å². The molecule has 0 radical (unpaired) electrons. The highest BCUT2D eigenvalue weighted by Crippen LogP contribution is 2.22. The number of benzene rings is 1. The Kier molecular flexibility index (Phi) is 4.67. The third-order valence-electron chi connectivity index (χ3n) is 2.73. The van der Waals surface area contributed by atoms with Gasteiger partial charge in [0.25, 0.3) is 0 Å². The molecule has 0 aliphatic rings. The molecule has 1 atom stereocenters. The van der Waals surface area contributed by atoms with E-state index in [0.29, 0.717) is 16.5 Å². The zero-order chi connectivity index (χ0) is 14.7. The molecule has 0 spiro atoms. The molecule has 2 N–H and O–H groups in total. The van der Waals surface area contributed by atoms with E-state index in [1.54, 1.807) is 0 Å². The second-order valence-corrected chi connectivity index (χ2v) is 5.51. The van der Waals surface area contributed by atoms with E-state index in [2.05, 4.69) is 9.97 Å². The number of aryl methyl sites for hydroxylation is 2. The maximum atomic E-state index is 13.1. The molecule has 0 saturated carbocycles. The van der Waals surface area contributed by atoms with Crippen molar-refractivity contribution < 1.29 is 8.78 Å². The van der Waals surface area contributed by atoms with Gasteiger partial charge < -0.3 is 5.73 Å². The van der Waals surface area contributed by atoms with Crippen molar-refractivity contribution in [1.29, 1.82) is 0 Å². The van der Waals surface area contributed by atoms with Gasteiger partial charge >= 0.3 is 0 Å². The first-order chi connectivity index (χ1) is 9.45. The Morgan fingerprint density at radius 3 is 2.35 bits per heavy atom. The Morgan fingerprint density at radius 1 is 1.10 bits per heavy atom. The molecule has 2 aromatic rings. The lowest BCUT2D eigenvalue weighted by molar-refractivity contribution is 0.506. The number of nitrogens with two attached hydrogens (primary N) is 1. The summed E-state index contributed by atoms with van der Waals surface area (Å²) < 4.78 is 26.0. The van der Waals surface area contributed by atoms with E-state index in [9.17, 15) is 8.78 Å². The standard InChI is InChI=1S/C14H15F2N3S/c1-8-5-9(2)19-14(18-8)20-7-13(17)10-3-4-11(15)12(16)6-10/h3-6,13H,7,17H2,1-2H3. The van der Waals surface area contributed by atoms with Crippen LogP contribution in [0.1, 0.15) is 23.0 Å². The molecule has 106 valence electrons. The largest absolute Gasteiger partial charge is 0.323 e. The predicted octanol–water partition coefficient (Wildman–Crippen LogP) is 3.16. The summed E-state index contributed by atoms with van der Waals surface area (Å²) in [5.74, 6) is -1.26. The lowest BCUT2D eigenvalue weighted by Crippen LogP contribution is -2.14. The van der Waals surface area contributed by atoms with Gasteiger partial charge in [-0.2, -0.15) is 0 Å². The fraction of sp³-hybridized carbons (Fsp3) is 0.286. The first kappa shape index (κ1) is 14.9. The lowest BCUT2D eigenvalue weighted by Gasteiger charge is -2.11. The Labute approximate surface area is 120 Å². The molecule has 0 aliphatic heterocycles. The second kappa shape index (κ2) is 6.28. The highest BCUT2D eigenvalue weighted by atomic mass is 32.2. The van der Waals surface area contributed by atoms with Crippen LogP contribution in [0.4, 0.5) is 8.78 Å². The number of rotatable bonds is 4. The maximum Gasteiger partial charge on any atom is 0.188 e. The van der Waals surface area contributed by atoms with Crippen LogP contribution in [0.3, 0.4) is 0 Å². The van der Waals surface area contributed by atoms with Gasteiger partial charge in [0, 0.05) is 23.2 Å². The van der Waals surface area contributed by atoms with Gasteiger partial charge in [0.2, 0.25) is 0 Å². The van der Waals surface area contributed by atoms with E-state index in [-0.39, 0.29) is 0 Å². The number of halogens is 2. The van der Waals surface area contributed by atoms with E-state index in [1.165, 1.54) is 17.8 Å². The highest BCUT2D eigenvalue weighted by Gasteiger charge is 2.11. The molecule has 0 bridgehead atoms. The van der Waals surface area contributed by atoms with Crippen molar-refractivity contribution in [3.8, 4) is 0 Å². The first-order valence-corrected chi connectivity index (χ1v) is 7.10. The summed E-state index contributed by atoms with van der Waals surface area (Å²) in [6.07, 6.45) is 0. The summed E-state index contributed by atoms with van der Waals surface area (Å²) in [5, 5.41) is 0.639. The van der Waals surface area contributed by atoms with Crippen molar-refractivity contribution in [2.45, 2.75) is 25.0 Å². The van der Waals surface area contributed by atoms with Gasteiger partial charge in [-0.3, -0.25) is 0 Å². The summed E-state index contributed by atoms with van der Waals surface area (Å²) in [4.78, 5) is 8.59. The predicted molar refractivity (Wildman–Crippen MR) is 75.5 cm³/mol. The van der Waals surface area contributed by atoms with Crippen LogP contribution in [0.25, 0.3) is 0 Å². The molecule has 1 unspecified atom stereocenters.